The van der Waals surface area contributed by atoms with E-state index in [0.29, 0.717) is 5.56 Å². The van der Waals surface area contributed by atoms with E-state index in [-0.39, 0.29) is 12.5 Å². The summed E-state index contributed by atoms with van der Waals surface area (Å²) >= 11 is 0. The molecule has 106 valence electrons. The van der Waals surface area contributed by atoms with Crippen molar-refractivity contribution in [3.63, 3.8) is 0 Å². The molecule has 0 atom stereocenters. The standard InChI is InChI=1S/C11H12F3NO4/c1-4-18-10(16)7-5-6(2)8(17-3)15-9(7)19-11(12,13)14/h5H,4H2,1-3H3. The van der Waals surface area contributed by atoms with Gasteiger partial charge in [-0.1, -0.05) is 0 Å². The molecule has 8 heteroatoms. The van der Waals surface area contributed by atoms with E-state index in [1.54, 1.807) is 0 Å². The van der Waals surface area contributed by atoms with Gasteiger partial charge in [-0.3, -0.25) is 0 Å². The van der Waals surface area contributed by atoms with Crippen LogP contribution in [0.3, 0.4) is 0 Å². The van der Waals surface area contributed by atoms with Crippen molar-refractivity contribution in [2.24, 2.45) is 0 Å². The van der Waals surface area contributed by atoms with E-state index in [2.05, 4.69) is 14.5 Å². The first kappa shape index (κ1) is 15.1. The number of alkyl halides is 3. The van der Waals surface area contributed by atoms with Crippen LogP contribution in [0, 0.1) is 6.92 Å². The molecule has 1 rings (SSSR count). The normalized spacial score (nSPS) is 11.1. The zero-order valence-electron chi connectivity index (χ0n) is 10.5. The van der Waals surface area contributed by atoms with Gasteiger partial charge in [0, 0.05) is 5.56 Å². The van der Waals surface area contributed by atoms with Gasteiger partial charge in [0.1, 0.15) is 5.56 Å². The summed E-state index contributed by atoms with van der Waals surface area (Å²) in [5.74, 6) is -1.90. The smallest absolute Gasteiger partial charge is 0.481 e. The predicted octanol–water partition coefficient (Wildman–Crippen LogP) is 2.47. The molecule has 0 saturated carbocycles. The van der Waals surface area contributed by atoms with Crippen LogP contribution < -0.4 is 9.47 Å². The van der Waals surface area contributed by atoms with Crippen LogP contribution in [0.15, 0.2) is 6.07 Å². The summed E-state index contributed by atoms with van der Waals surface area (Å²) in [6.07, 6.45) is -4.96. The number of carbonyl (C=O) groups is 1. The molecule has 0 aliphatic carbocycles. The van der Waals surface area contributed by atoms with Crippen molar-refractivity contribution in [1.29, 1.82) is 0 Å². The number of aryl methyl sites for hydroxylation is 1. The molecule has 5 nitrogen and oxygen atoms in total. The number of pyridine rings is 1. The van der Waals surface area contributed by atoms with Gasteiger partial charge >= 0.3 is 12.3 Å². The molecule has 0 N–H and O–H groups in total. The monoisotopic (exact) mass is 279 g/mol. The third-order valence-electron chi connectivity index (χ3n) is 2.03. The maximum atomic E-state index is 12.3. The Labute approximate surface area is 107 Å². The molecule has 0 spiro atoms. The van der Waals surface area contributed by atoms with Crippen LogP contribution in [0.5, 0.6) is 11.8 Å². The molecule has 0 saturated heterocycles. The van der Waals surface area contributed by atoms with Crippen LogP contribution in [0.4, 0.5) is 13.2 Å². The summed E-state index contributed by atoms with van der Waals surface area (Å²) in [4.78, 5) is 15.1. The number of nitrogens with zero attached hydrogens (tertiary/aromatic N) is 1. The number of halogens is 3. The number of rotatable bonds is 4. The first-order valence-corrected chi connectivity index (χ1v) is 5.27. The summed E-state index contributed by atoms with van der Waals surface area (Å²) in [5, 5.41) is 0. The molecular weight excluding hydrogens is 267 g/mol. The average molecular weight is 279 g/mol. The van der Waals surface area contributed by atoms with Crippen LogP contribution in [0.2, 0.25) is 0 Å². The van der Waals surface area contributed by atoms with E-state index in [1.165, 1.54) is 27.0 Å². The van der Waals surface area contributed by atoms with Crippen LogP contribution in [-0.2, 0) is 4.74 Å². The van der Waals surface area contributed by atoms with E-state index >= 15 is 0 Å². The molecule has 1 aromatic heterocycles. The lowest BCUT2D eigenvalue weighted by Gasteiger charge is -2.13. The molecule has 0 fully saturated rings. The Bertz CT molecular complexity index is 474. The number of aromatic nitrogens is 1. The molecule has 0 aliphatic rings. The molecule has 0 aliphatic heterocycles. The van der Waals surface area contributed by atoms with Crippen LogP contribution in [0.1, 0.15) is 22.8 Å². The summed E-state index contributed by atoms with van der Waals surface area (Å²) in [7, 11) is 1.25. The van der Waals surface area contributed by atoms with Crippen molar-refractivity contribution in [2.75, 3.05) is 13.7 Å². The maximum absolute atomic E-state index is 12.3. The fourth-order valence-corrected chi connectivity index (χ4v) is 1.33. The minimum absolute atomic E-state index is 0.0232. The first-order chi connectivity index (χ1) is 8.78. The first-order valence-electron chi connectivity index (χ1n) is 5.27. The third kappa shape index (κ3) is 4.01. The number of hydrogen-bond acceptors (Lipinski definition) is 5. The highest BCUT2D eigenvalue weighted by atomic mass is 19.4. The predicted molar refractivity (Wildman–Crippen MR) is 58.2 cm³/mol. The van der Waals surface area contributed by atoms with Crippen molar-refractivity contribution < 1.29 is 32.2 Å². The average Bonchev–Trinajstić information content (AvgIpc) is 2.29. The van der Waals surface area contributed by atoms with Crippen LogP contribution in [0.25, 0.3) is 0 Å². The highest BCUT2D eigenvalue weighted by Crippen LogP contribution is 2.29. The summed E-state index contributed by atoms with van der Waals surface area (Å²) in [6.45, 7) is 3.09. The van der Waals surface area contributed by atoms with Crippen molar-refractivity contribution in [3.05, 3.63) is 17.2 Å². The van der Waals surface area contributed by atoms with Gasteiger partial charge in [-0.2, -0.15) is 4.98 Å². The van der Waals surface area contributed by atoms with Crippen LogP contribution in [-0.4, -0.2) is 31.0 Å². The summed E-state index contributed by atoms with van der Waals surface area (Å²) in [6, 6.07) is 1.17. The van der Waals surface area contributed by atoms with Gasteiger partial charge in [0.25, 0.3) is 0 Å². The molecule has 0 aromatic carbocycles. The van der Waals surface area contributed by atoms with Gasteiger partial charge in [-0.05, 0) is 19.9 Å². The lowest BCUT2D eigenvalue weighted by Crippen LogP contribution is -2.21. The number of carbonyl (C=O) groups excluding carboxylic acids is 1. The molecule has 0 bridgehead atoms. The second-order valence-corrected chi connectivity index (χ2v) is 3.44. The molecule has 1 aromatic rings. The van der Waals surface area contributed by atoms with Crippen molar-refractivity contribution in [1.82, 2.24) is 4.98 Å². The third-order valence-corrected chi connectivity index (χ3v) is 2.03. The minimum atomic E-state index is -4.96. The zero-order valence-corrected chi connectivity index (χ0v) is 10.5. The Balaban J connectivity index is 3.26. The van der Waals surface area contributed by atoms with E-state index < -0.39 is 23.8 Å². The van der Waals surface area contributed by atoms with Crippen molar-refractivity contribution in [3.8, 4) is 11.8 Å². The van der Waals surface area contributed by atoms with E-state index in [1.807, 2.05) is 0 Å². The topological polar surface area (TPSA) is 57.7 Å². The molecule has 0 amide bonds. The Kier molecular flexibility index (Phi) is 4.57. The van der Waals surface area contributed by atoms with Gasteiger partial charge in [0.2, 0.25) is 11.8 Å². The number of esters is 1. The van der Waals surface area contributed by atoms with E-state index in [4.69, 9.17) is 4.74 Å². The molecule has 19 heavy (non-hydrogen) atoms. The molecular formula is C11H12F3NO4. The Morgan fingerprint density at radius 3 is 2.47 bits per heavy atom. The van der Waals surface area contributed by atoms with Crippen LogP contribution >= 0.6 is 0 Å². The van der Waals surface area contributed by atoms with Gasteiger partial charge in [0.15, 0.2) is 0 Å². The van der Waals surface area contributed by atoms with Gasteiger partial charge in [-0.25, -0.2) is 4.79 Å². The molecule has 0 unspecified atom stereocenters. The second-order valence-electron chi connectivity index (χ2n) is 3.44. The summed E-state index contributed by atoms with van der Waals surface area (Å²) in [5.41, 5.74) is -0.0162. The number of methoxy groups -OCH3 is 1. The van der Waals surface area contributed by atoms with E-state index in [9.17, 15) is 18.0 Å². The SMILES string of the molecule is CCOC(=O)c1cc(C)c(OC)nc1OC(F)(F)F. The van der Waals surface area contributed by atoms with Gasteiger partial charge < -0.3 is 14.2 Å². The Hall–Kier alpha value is -1.99. The number of ether oxygens (including phenoxy) is 3. The fraction of sp³-hybridized carbons (Fsp3) is 0.455. The zero-order chi connectivity index (χ0) is 14.6. The molecule has 1 heterocycles. The quantitative estimate of drug-likeness (QED) is 0.792. The van der Waals surface area contributed by atoms with Gasteiger partial charge in [-0.15, -0.1) is 13.2 Å². The Morgan fingerprint density at radius 1 is 1.37 bits per heavy atom. The summed E-state index contributed by atoms with van der Waals surface area (Å²) < 4.78 is 49.9. The lowest BCUT2D eigenvalue weighted by molar-refractivity contribution is -0.276. The van der Waals surface area contributed by atoms with Crippen molar-refractivity contribution in [2.45, 2.75) is 20.2 Å². The lowest BCUT2D eigenvalue weighted by atomic mass is 10.2. The number of hydrogen-bond donors (Lipinski definition) is 0. The Morgan fingerprint density at radius 2 is 2.00 bits per heavy atom. The van der Waals surface area contributed by atoms with Crippen molar-refractivity contribution >= 4 is 5.97 Å². The maximum Gasteiger partial charge on any atom is 0.574 e. The van der Waals surface area contributed by atoms with E-state index in [0.717, 1.165) is 0 Å². The van der Waals surface area contributed by atoms with Gasteiger partial charge in [0.05, 0.1) is 13.7 Å². The highest BCUT2D eigenvalue weighted by molar-refractivity contribution is 5.92. The largest absolute Gasteiger partial charge is 0.574 e. The molecule has 0 radical (unpaired) electrons. The fourth-order valence-electron chi connectivity index (χ4n) is 1.33. The highest BCUT2D eigenvalue weighted by Gasteiger charge is 2.34. The second kappa shape index (κ2) is 5.77. The minimum Gasteiger partial charge on any atom is -0.481 e.